The number of hydrogen-bond donors (Lipinski definition) is 2. The maximum Gasteiger partial charge on any atom is 0.243 e. The lowest BCUT2D eigenvalue weighted by Gasteiger charge is -2.13. The first-order valence-corrected chi connectivity index (χ1v) is 6.30. The van der Waals surface area contributed by atoms with Crippen molar-refractivity contribution >= 4 is 27.5 Å². The van der Waals surface area contributed by atoms with Crippen LogP contribution in [-0.4, -0.2) is 31.9 Å². The Hall–Kier alpha value is -1.14. The highest BCUT2D eigenvalue weighted by Gasteiger charge is 2.09. The SMILES string of the molecule is CC(O)CC(C)Nc1nc2ccc(Br)cn2n1. The third-order valence-electron chi connectivity index (χ3n) is 2.37. The molecule has 0 radical (unpaired) electrons. The Morgan fingerprint density at radius 2 is 2.24 bits per heavy atom. The second-order valence-corrected chi connectivity index (χ2v) is 5.13. The van der Waals surface area contributed by atoms with E-state index in [1.807, 2.05) is 25.3 Å². The Kier molecular flexibility index (Phi) is 3.63. The van der Waals surface area contributed by atoms with Crippen LogP contribution in [0.1, 0.15) is 20.3 Å². The van der Waals surface area contributed by atoms with E-state index in [0.717, 1.165) is 10.1 Å². The van der Waals surface area contributed by atoms with Crippen molar-refractivity contribution in [2.45, 2.75) is 32.4 Å². The first-order valence-electron chi connectivity index (χ1n) is 5.51. The van der Waals surface area contributed by atoms with Crippen LogP contribution in [0, 0.1) is 0 Å². The van der Waals surface area contributed by atoms with Crippen LogP contribution < -0.4 is 5.32 Å². The van der Waals surface area contributed by atoms with Crippen molar-refractivity contribution in [3.05, 3.63) is 22.8 Å². The number of pyridine rings is 1. The average molecular weight is 299 g/mol. The summed E-state index contributed by atoms with van der Waals surface area (Å²) in [6, 6.07) is 3.95. The van der Waals surface area contributed by atoms with Crippen molar-refractivity contribution in [3.63, 3.8) is 0 Å². The van der Waals surface area contributed by atoms with E-state index in [2.05, 4.69) is 31.3 Å². The van der Waals surface area contributed by atoms with Crippen molar-refractivity contribution in [2.75, 3.05) is 5.32 Å². The van der Waals surface area contributed by atoms with Crippen molar-refractivity contribution in [1.29, 1.82) is 0 Å². The van der Waals surface area contributed by atoms with Crippen molar-refractivity contribution < 1.29 is 5.11 Å². The molecule has 2 N–H and O–H groups in total. The Balaban J connectivity index is 2.14. The van der Waals surface area contributed by atoms with Gasteiger partial charge in [-0.1, -0.05) is 0 Å². The van der Waals surface area contributed by atoms with E-state index in [9.17, 15) is 5.11 Å². The summed E-state index contributed by atoms with van der Waals surface area (Å²) in [6.07, 6.45) is 2.19. The lowest BCUT2D eigenvalue weighted by atomic mass is 10.2. The number of halogens is 1. The van der Waals surface area contributed by atoms with Crippen molar-refractivity contribution in [1.82, 2.24) is 14.6 Å². The maximum atomic E-state index is 9.28. The topological polar surface area (TPSA) is 62.5 Å². The Bertz CT molecular complexity index is 511. The van der Waals surface area contributed by atoms with Gasteiger partial charge in [0.25, 0.3) is 0 Å². The molecule has 0 fully saturated rings. The van der Waals surface area contributed by atoms with Gasteiger partial charge in [0.15, 0.2) is 5.65 Å². The zero-order valence-corrected chi connectivity index (χ0v) is 11.3. The van der Waals surface area contributed by atoms with Crippen LogP contribution in [0.5, 0.6) is 0 Å². The molecule has 5 nitrogen and oxygen atoms in total. The molecule has 2 aromatic heterocycles. The van der Waals surface area contributed by atoms with Gasteiger partial charge in [-0.05, 0) is 48.3 Å². The predicted molar refractivity (Wildman–Crippen MR) is 70.1 cm³/mol. The highest BCUT2D eigenvalue weighted by Crippen LogP contribution is 2.13. The molecule has 0 aliphatic carbocycles. The molecule has 0 bridgehead atoms. The summed E-state index contributed by atoms with van der Waals surface area (Å²) in [6.45, 7) is 3.76. The summed E-state index contributed by atoms with van der Waals surface area (Å²) in [5, 5.41) is 16.8. The normalized spacial score (nSPS) is 14.8. The fourth-order valence-electron chi connectivity index (χ4n) is 1.71. The molecular formula is C11H15BrN4O. The van der Waals surface area contributed by atoms with Gasteiger partial charge < -0.3 is 10.4 Å². The molecule has 17 heavy (non-hydrogen) atoms. The van der Waals surface area contributed by atoms with Gasteiger partial charge in [-0.25, -0.2) is 4.52 Å². The van der Waals surface area contributed by atoms with Crippen LogP contribution in [0.25, 0.3) is 5.65 Å². The van der Waals surface area contributed by atoms with Crippen LogP contribution in [0.3, 0.4) is 0 Å². The number of rotatable bonds is 4. The van der Waals surface area contributed by atoms with Crippen LogP contribution >= 0.6 is 15.9 Å². The number of aromatic nitrogens is 3. The number of aliphatic hydroxyl groups excluding tert-OH is 1. The summed E-state index contributed by atoms with van der Waals surface area (Å²) in [5.74, 6) is 0.580. The number of hydrogen-bond acceptors (Lipinski definition) is 4. The second-order valence-electron chi connectivity index (χ2n) is 4.22. The Morgan fingerprint density at radius 1 is 1.47 bits per heavy atom. The van der Waals surface area contributed by atoms with Crippen molar-refractivity contribution in [2.24, 2.45) is 0 Å². The average Bonchev–Trinajstić information content (AvgIpc) is 2.57. The first kappa shape index (κ1) is 12.3. The fraction of sp³-hybridized carbons (Fsp3) is 0.455. The lowest BCUT2D eigenvalue weighted by Crippen LogP contribution is -2.21. The summed E-state index contributed by atoms with van der Waals surface area (Å²) in [4.78, 5) is 4.34. The molecule has 2 rings (SSSR count). The van der Waals surface area contributed by atoms with Gasteiger partial charge in [0.1, 0.15) is 0 Å². The Morgan fingerprint density at radius 3 is 2.94 bits per heavy atom. The highest BCUT2D eigenvalue weighted by atomic mass is 79.9. The van der Waals surface area contributed by atoms with Crippen LogP contribution in [0.15, 0.2) is 22.8 Å². The third kappa shape index (κ3) is 3.17. The molecular weight excluding hydrogens is 284 g/mol. The lowest BCUT2D eigenvalue weighted by molar-refractivity contribution is 0.179. The van der Waals surface area contributed by atoms with Crippen LogP contribution in [0.4, 0.5) is 5.95 Å². The minimum absolute atomic E-state index is 0.135. The van der Waals surface area contributed by atoms with E-state index in [1.54, 1.807) is 11.4 Å². The minimum Gasteiger partial charge on any atom is -0.393 e. The van der Waals surface area contributed by atoms with E-state index in [0.29, 0.717) is 12.4 Å². The zero-order chi connectivity index (χ0) is 12.4. The van der Waals surface area contributed by atoms with Gasteiger partial charge in [0, 0.05) is 16.7 Å². The number of fused-ring (bicyclic) bond motifs is 1. The van der Waals surface area contributed by atoms with Crippen LogP contribution in [-0.2, 0) is 0 Å². The molecule has 0 aliphatic rings. The van der Waals surface area contributed by atoms with Gasteiger partial charge in [0.05, 0.1) is 6.10 Å². The number of nitrogens with one attached hydrogen (secondary N) is 1. The molecule has 6 heteroatoms. The molecule has 2 unspecified atom stereocenters. The van der Waals surface area contributed by atoms with Gasteiger partial charge in [-0.2, -0.15) is 4.98 Å². The van der Waals surface area contributed by atoms with E-state index >= 15 is 0 Å². The molecule has 0 saturated carbocycles. The number of anilines is 1. The number of nitrogens with zero attached hydrogens (tertiary/aromatic N) is 3. The van der Waals surface area contributed by atoms with Gasteiger partial charge in [-0.3, -0.25) is 0 Å². The smallest absolute Gasteiger partial charge is 0.243 e. The van der Waals surface area contributed by atoms with E-state index in [-0.39, 0.29) is 12.1 Å². The number of aliphatic hydroxyl groups is 1. The minimum atomic E-state index is -0.330. The second kappa shape index (κ2) is 5.01. The summed E-state index contributed by atoms with van der Waals surface area (Å²) in [7, 11) is 0. The van der Waals surface area contributed by atoms with E-state index < -0.39 is 0 Å². The predicted octanol–water partition coefficient (Wildman–Crippen LogP) is 2.06. The molecule has 92 valence electrons. The standard InChI is InChI=1S/C11H15BrN4O/c1-7(5-8(2)17)13-11-14-10-4-3-9(12)6-16(10)15-11/h3-4,6-8,17H,5H2,1-2H3,(H,13,15). The molecule has 2 aromatic rings. The largest absolute Gasteiger partial charge is 0.393 e. The third-order valence-corrected chi connectivity index (χ3v) is 2.83. The molecule has 2 heterocycles. The monoisotopic (exact) mass is 298 g/mol. The quantitative estimate of drug-likeness (QED) is 0.907. The summed E-state index contributed by atoms with van der Waals surface area (Å²) < 4.78 is 2.67. The summed E-state index contributed by atoms with van der Waals surface area (Å²) >= 11 is 3.38. The van der Waals surface area contributed by atoms with E-state index in [1.165, 1.54) is 0 Å². The molecule has 0 spiro atoms. The molecule has 0 saturated heterocycles. The summed E-state index contributed by atoms with van der Waals surface area (Å²) in [5.41, 5.74) is 0.792. The first-order chi connectivity index (χ1) is 8.04. The zero-order valence-electron chi connectivity index (χ0n) is 9.76. The molecule has 0 aliphatic heterocycles. The van der Waals surface area contributed by atoms with Crippen molar-refractivity contribution in [3.8, 4) is 0 Å². The van der Waals surface area contributed by atoms with Crippen LogP contribution in [0.2, 0.25) is 0 Å². The Labute approximate surface area is 108 Å². The van der Waals surface area contributed by atoms with Gasteiger partial charge in [0.2, 0.25) is 5.95 Å². The van der Waals surface area contributed by atoms with E-state index in [4.69, 9.17) is 0 Å². The fourth-order valence-corrected chi connectivity index (χ4v) is 2.04. The van der Waals surface area contributed by atoms with Gasteiger partial charge >= 0.3 is 0 Å². The molecule has 0 aromatic carbocycles. The van der Waals surface area contributed by atoms with Gasteiger partial charge in [-0.15, -0.1) is 5.10 Å². The molecule has 2 atom stereocenters. The molecule has 0 amide bonds. The maximum absolute atomic E-state index is 9.28. The highest BCUT2D eigenvalue weighted by molar-refractivity contribution is 9.10.